The minimum atomic E-state index is 0.332. The zero-order chi connectivity index (χ0) is 9.97. The lowest BCUT2D eigenvalue weighted by Crippen LogP contribution is -1.93. The second-order valence-electron chi connectivity index (χ2n) is 4.02. The zero-order valence-electron chi connectivity index (χ0n) is 8.68. The Morgan fingerprint density at radius 1 is 1.29 bits per heavy atom. The first-order chi connectivity index (χ1) is 6.81. The van der Waals surface area contributed by atoms with Crippen molar-refractivity contribution in [3.8, 4) is 0 Å². The van der Waals surface area contributed by atoms with Crippen LogP contribution < -0.4 is 0 Å². The number of carbonyl (C=O) groups is 1. The molecular weight excluding hydrogens is 172 g/mol. The van der Waals surface area contributed by atoms with Crippen LogP contribution in [0.2, 0.25) is 0 Å². The molecule has 0 fully saturated rings. The van der Waals surface area contributed by atoms with Crippen LogP contribution in [-0.4, -0.2) is 5.78 Å². The fraction of sp³-hybridized carbons (Fsp3) is 0.462. The first kappa shape index (κ1) is 9.45. The summed E-state index contributed by atoms with van der Waals surface area (Å²) in [5.74, 6) is 0.332. The molecule has 0 saturated heterocycles. The number of hydrogen-bond donors (Lipinski definition) is 0. The van der Waals surface area contributed by atoms with Gasteiger partial charge in [-0.1, -0.05) is 25.5 Å². The van der Waals surface area contributed by atoms with E-state index in [-0.39, 0.29) is 0 Å². The molecule has 0 spiro atoms. The number of ketones is 1. The zero-order valence-corrected chi connectivity index (χ0v) is 8.68. The molecule has 0 atom stereocenters. The molecule has 1 aliphatic carbocycles. The Morgan fingerprint density at radius 2 is 2.14 bits per heavy atom. The van der Waals surface area contributed by atoms with Gasteiger partial charge in [0.05, 0.1) is 0 Å². The monoisotopic (exact) mass is 188 g/mol. The van der Waals surface area contributed by atoms with Crippen LogP contribution in [0.1, 0.15) is 47.7 Å². The number of rotatable bonds is 3. The van der Waals surface area contributed by atoms with Gasteiger partial charge in [-0.3, -0.25) is 4.79 Å². The van der Waals surface area contributed by atoms with E-state index >= 15 is 0 Å². The molecule has 1 aliphatic rings. The van der Waals surface area contributed by atoms with Crippen molar-refractivity contribution in [2.75, 3.05) is 0 Å². The van der Waals surface area contributed by atoms with Crippen LogP contribution in [0.4, 0.5) is 0 Å². The largest absolute Gasteiger partial charge is 0.294 e. The predicted molar refractivity (Wildman–Crippen MR) is 57.7 cm³/mol. The Bertz CT molecular complexity index is 352. The van der Waals surface area contributed by atoms with Crippen molar-refractivity contribution < 1.29 is 4.79 Å². The number of carbonyl (C=O) groups excluding carboxylic acids is 1. The van der Waals surface area contributed by atoms with E-state index in [1.807, 2.05) is 0 Å². The van der Waals surface area contributed by atoms with Crippen LogP contribution in [0.5, 0.6) is 0 Å². The van der Waals surface area contributed by atoms with E-state index in [4.69, 9.17) is 0 Å². The van der Waals surface area contributed by atoms with E-state index in [2.05, 4.69) is 25.1 Å². The van der Waals surface area contributed by atoms with Gasteiger partial charge in [-0.2, -0.15) is 0 Å². The van der Waals surface area contributed by atoms with E-state index in [1.54, 1.807) is 0 Å². The van der Waals surface area contributed by atoms with Crippen molar-refractivity contribution in [3.63, 3.8) is 0 Å². The lowest BCUT2D eigenvalue weighted by molar-refractivity contribution is 0.0994. The van der Waals surface area contributed by atoms with Gasteiger partial charge in [-0.05, 0) is 36.5 Å². The third-order valence-corrected chi connectivity index (χ3v) is 2.92. The topological polar surface area (TPSA) is 17.1 Å². The van der Waals surface area contributed by atoms with Gasteiger partial charge in [-0.15, -0.1) is 0 Å². The fourth-order valence-corrected chi connectivity index (χ4v) is 2.02. The molecule has 0 aromatic heterocycles. The molecule has 1 aromatic carbocycles. The third kappa shape index (κ3) is 1.72. The van der Waals surface area contributed by atoms with Gasteiger partial charge in [-0.25, -0.2) is 0 Å². The highest BCUT2D eigenvalue weighted by molar-refractivity contribution is 6.00. The first-order valence-electron chi connectivity index (χ1n) is 5.46. The molecule has 0 N–H and O–H groups in total. The lowest BCUT2D eigenvalue weighted by atomic mass is 10.0. The van der Waals surface area contributed by atoms with Gasteiger partial charge >= 0.3 is 0 Å². The summed E-state index contributed by atoms with van der Waals surface area (Å²) in [5.41, 5.74) is 3.55. The van der Waals surface area contributed by atoms with E-state index < -0.39 is 0 Å². The number of Topliss-reactive ketones (excluding diaryl/α,β-unsaturated/α-hetero) is 1. The van der Waals surface area contributed by atoms with Gasteiger partial charge in [0.25, 0.3) is 0 Å². The number of fused-ring (bicyclic) bond motifs is 1. The SMILES string of the molecule is CCCCc1ccc2c(c1)C(=O)CC2. The quantitative estimate of drug-likeness (QED) is 0.712. The summed E-state index contributed by atoms with van der Waals surface area (Å²) in [7, 11) is 0. The first-order valence-corrected chi connectivity index (χ1v) is 5.46. The number of aryl methyl sites for hydroxylation is 2. The third-order valence-electron chi connectivity index (χ3n) is 2.92. The highest BCUT2D eigenvalue weighted by Crippen LogP contribution is 2.23. The van der Waals surface area contributed by atoms with Crippen LogP contribution in [0, 0.1) is 0 Å². The summed E-state index contributed by atoms with van der Waals surface area (Å²) >= 11 is 0. The molecule has 0 heterocycles. The standard InChI is InChI=1S/C13H16O/c1-2-3-4-10-5-6-11-7-8-13(14)12(11)9-10/h5-6,9H,2-4,7-8H2,1H3. The highest BCUT2D eigenvalue weighted by Gasteiger charge is 2.18. The summed E-state index contributed by atoms with van der Waals surface area (Å²) in [6.07, 6.45) is 5.20. The van der Waals surface area contributed by atoms with Crippen molar-refractivity contribution in [3.05, 3.63) is 34.9 Å². The molecule has 1 nitrogen and oxygen atoms in total. The van der Waals surface area contributed by atoms with Gasteiger partial charge in [0.15, 0.2) is 5.78 Å². The molecule has 0 radical (unpaired) electrons. The van der Waals surface area contributed by atoms with Gasteiger partial charge in [0, 0.05) is 12.0 Å². The highest BCUT2D eigenvalue weighted by atomic mass is 16.1. The van der Waals surface area contributed by atoms with Crippen molar-refractivity contribution in [1.29, 1.82) is 0 Å². The number of unbranched alkanes of at least 4 members (excludes halogenated alkanes) is 1. The van der Waals surface area contributed by atoms with Crippen LogP contribution in [0.25, 0.3) is 0 Å². The molecule has 0 bridgehead atoms. The molecule has 1 aromatic rings. The summed E-state index contributed by atoms with van der Waals surface area (Å²) in [6, 6.07) is 6.40. The molecule has 0 saturated carbocycles. The summed E-state index contributed by atoms with van der Waals surface area (Å²) in [5, 5.41) is 0. The predicted octanol–water partition coefficient (Wildman–Crippen LogP) is 3.16. The Morgan fingerprint density at radius 3 is 2.93 bits per heavy atom. The van der Waals surface area contributed by atoms with Crippen LogP contribution in [-0.2, 0) is 12.8 Å². The normalized spacial score (nSPS) is 14.5. The minimum absolute atomic E-state index is 0.332. The van der Waals surface area contributed by atoms with E-state index in [1.165, 1.54) is 24.0 Å². The molecule has 0 aliphatic heterocycles. The number of hydrogen-bond acceptors (Lipinski definition) is 1. The minimum Gasteiger partial charge on any atom is -0.294 e. The molecule has 14 heavy (non-hydrogen) atoms. The van der Waals surface area contributed by atoms with Gasteiger partial charge < -0.3 is 0 Å². The van der Waals surface area contributed by atoms with Gasteiger partial charge in [0.2, 0.25) is 0 Å². The second-order valence-corrected chi connectivity index (χ2v) is 4.02. The molecule has 0 amide bonds. The molecule has 2 rings (SSSR count). The maximum Gasteiger partial charge on any atom is 0.163 e. The summed E-state index contributed by atoms with van der Waals surface area (Å²) < 4.78 is 0. The average molecular weight is 188 g/mol. The Balaban J connectivity index is 2.21. The molecule has 0 unspecified atom stereocenters. The van der Waals surface area contributed by atoms with Crippen molar-refractivity contribution in [2.45, 2.75) is 39.0 Å². The molecule has 74 valence electrons. The molecule has 1 heteroatoms. The maximum absolute atomic E-state index is 11.5. The smallest absolute Gasteiger partial charge is 0.163 e. The fourth-order valence-electron chi connectivity index (χ4n) is 2.02. The Labute approximate surface area is 85.1 Å². The van der Waals surface area contributed by atoms with Crippen molar-refractivity contribution >= 4 is 5.78 Å². The van der Waals surface area contributed by atoms with E-state index in [0.29, 0.717) is 12.2 Å². The van der Waals surface area contributed by atoms with E-state index in [9.17, 15) is 4.79 Å². The summed E-state index contributed by atoms with van der Waals surface area (Å²) in [4.78, 5) is 11.5. The Kier molecular flexibility index (Phi) is 2.67. The molecular formula is C13H16O. The van der Waals surface area contributed by atoms with Crippen molar-refractivity contribution in [2.24, 2.45) is 0 Å². The van der Waals surface area contributed by atoms with Gasteiger partial charge in [0.1, 0.15) is 0 Å². The van der Waals surface area contributed by atoms with Crippen LogP contribution in [0.15, 0.2) is 18.2 Å². The number of benzene rings is 1. The second kappa shape index (κ2) is 3.95. The average Bonchev–Trinajstić information content (AvgIpc) is 2.57. The summed E-state index contributed by atoms with van der Waals surface area (Å²) in [6.45, 7) is 2.19. The maximum atomic E-state index is 11.5. The van der Waals surface area contributed by atoms with Crippen LogP contribution >= 0.6 is 0 Å². The Hall–Kier alpha value is -1.11. The van der Waals surface area contributed by atoms with Crippen molar-refractivity contribution in [1.82, 2.24) is 0 Å². The lowest BCUT2D eigenvalue weighted by Gasteiger charge is -2.02. The van der Waals surface area contributed by atoms with E-state index in [0.717, 1.165) is 18.4 Å². The van der Waals surface area contributed by atoms with Crippen LogP contribution in [0.3, 0.4) is 0 Å².